The van der Waals surface area contributed by atoms with Gasteiger partial charge in [-0.3, -0.25) is 0 Å². The number of pyridine rings is 1. The number of aromatic nitrogens is 1. The van der Waals surface area contributed by atoms with Gasteiger partial charge in [0.25, 0.3) is 0 Å². The Hall–Kier alpha value is -1.44. The molecule has 0 aliphatic carbocycles. The van der Waals surface area contributed by atoms with Gasteiger partial charge in [0.05, 0.1) is 11.2 Å². The van der Waals surface area contributed by atoms with Crippen LogP contribution in [0.1, 0.15) is 19.4 Å². The van der Waals surface area contributed by atoms with Gasteiger partial charge in [-0.1, -0.05) is 0 Å². The third kappa shape index (κ3) is 3.16. The van der Waals surface area contributed by atoms with Crippen molar-refractivity contribution < 1.29 is 8.78 Å². The smallest absolute Gasteiger partial charge is 0.150 e. The summed E-state index contributed by atoms with van der Waals surface area (Å²) in [5.41, 5.74) is 1.06. The van der Waals surface area contributed by atoms with Crippen molar-refractivity contribution in [3.05, 3.63) is 51.2 Å². The molecule has 22 heavy (non-hydrogen) atoms. The molecule has 1 aromatic carbocycles. The fourth-order valence-electron chi connectivity index (χ4n) is 2.70. The van der Waals surface area contributed by atoms with Gasteiger partial charge in [-0.25, -0.2) is 13.8 Å². The van der Waals surface area contributed by atoms with E-state index in [2.05, 4.69) is 46.7 Å². The molecule has 6 heteroatoms. The second-order valence-electron chi connectivity index (χ2n) is 6.12. The lowest BCUT2D eigenvalue weighted by Gasteiger charge is -2.41. The van der Waals surface area contributed by atoms with Gasteiger partial charge in [0.2, 0.25) is 0 Å². The number of nitrogens with one attached hydrogen (secondary N) is 1. The Morgan fingerprint density at radius 3 is 2.86 bits per heavy atom. The minimum absolute atomic E-state index is 0.198. The Kier molecular flexibility index (Phi) is 3.96. The van der Waals surface area contributed by atoms with Crippen LogP contribution in [-0.2, 0) is 6.54 Å². The maximum atomic E-state index is 13.9. The van der Waals surface area contributed by atoms with Gasteiger partial charge in [-0.15, -0.1) is 0 Å². The SMILES string of the molecule is CC1(C)CN(Cc2cc(F)ccc2F)c2cc(I)cnc2N1. The molecule has 1 aliphatic heterocycles. The first-order chi connectivity index (χ1) is 10.3. The molecule has 1 aromatic heterocycles. The molecule has 2 aromatic rings. The molecule has 0 unspecified atom stereocenters. The predicted octanol–water partition coefficient (Wildman–Crippen LogP) is 4.18. The summed E-state index contributed by atoms with van der Waals surface area (Å²) in [5, 5.41) is 3.38. The number of benzene rings is 1. The number of hydrogen-bond donors (Lipinski definition) is 1. The molecule has 116 valence electrons. The van der Waals surface area contributed by atoms with Gasteiger partial charge in [0.15, 0.2) is 0 Å². The van der Waals surface area contributed by atoms with Crippen LogP contribution in [0.25, 0.3) is 0 Å². The number of nitrogens with zero attached hydrogens (tertiary/aromatic N) is 2. The minimum atomic E-state index is -0.424. The number of halogens is 3. The molecule has 0 atom stereocenters. The third-order valence-electron chi connectivity index (χ3n) is 3.59. The maximum absolute atomic E-state index is 13.9. The minimum Gasteiger partial charge on any atom is -0.362 e. The van der Waals surface area contributed by atoms with Crippen molar-refractivity contribution in [3.63, 3.8) is 0 Å². The summed E-state index contributed by atoms with van der Waals surface area (Å²) >= 11 is 2.20. The molecule has 1 N–H and O–H groups in total. The van der Waals surface area contributed by atoms with E-state index in [1.54, 1.807) is 6.20 Å². The fourth-order valence-corrected chi connectivity index (χ4v) is 3.13. The van der Waals surface area contributed by atoms with Crippen LogP contribution in [0, 0.1) is 15.2 Å². The van der Waals surface area contributed by atoms with Crippen molar-refractivity contribution in [2.24, 2.45) is 0 Å². The third-order valence-corrected chi connectivity index (χ3v) is 4.18. The molecule has 3 rings (SSSR count). The van der Waals surface area contributed by atoms with Crippen LogP contribution in [0.4, 0.5) is 20.3 Å². The van der Waals surface area contributed by atoms with E-state index in [4.69, 9.17) is 0 Å². The molecule has 0 spiro atoms. The first-order valence-corrected chi connectivity index (χ1v) is 8.04. The van der Waals surface area contributed by atoms with E-state index in [1.807, 2.05) is 11.0 Å². The van der Waals surface area contributed by atoms with Crippen molar-refractivity contribution in [3.8, 4) is 0 Å². The van der Waals surface area contributed by atoms with E-state index in [-0.39, 0.29) is 5.54 Å². The summed E-state index contributed by atoms with van der Waals surface area (Å²) in [5.74, 6) is -0.0434. The molecular weight excluding hydrogens is 399 g/mol. The average Bonchev–Trinajstić information content (AvgIpc) is 2.43. The van der Waals surface area contributed by atoms with Crippen molar-refractivity contribution in [1.82, 2.24) is 4.98 Å². The molecule has 0 saturated carbocycles. The van der Waals surface area contributed by atoms with Gasteiger partial charge in [-0.2, -0.15) is 0 Å². The Bertz CT molecular complexity index is 719. The molecule has 3 nitrogen and oxygen atoms in total. The highest BCUT2D eigenvalue weighted by Crippen LogP contribution is 2.35. The van der Waals surface area contributed by atoms with E-state index in [0.717, 1.165) is 21.1 Å². The molecule has 0 fully saturated rings. The van der Waals surface area contributed by atoms with E-state index >= 15 is 0 Å². The van der Waals surface area contributed by atoms with Crippen molar-refractivity contribution in [1.29, 1.82) is 0 Å². The normalized spacial score (nSPS) is 16.1. The molecular formula is C16H16F2IN3. The largest absolute Gasteiger partial charge is 0.362 e. The van der Waals surface area contributed by atoms with Gasteiger partial charge >= 0.3 is 0 Å². The number of hydrogen-bond acceptors (Lipinski definition) is 3. The Morgan fingerprint density at radius 1 is 1.32 bits per heavy atom. The monoisotopic (exact) mass is 415 g/mol. The molecule has 0 saturated heterocycles. The second-order valence-corrected chi connectivity index (χ2v) is 7.37. The zero-order valence-corrected chi connectivity index (χ0v) is 14.5. The number of anilines is 2. The Morgan fingerprint density at radius 2 is 2.09 bits per heavy atom. The van der Waals surface area contributed by atoms with E-state index in [1.165, 1.54) is 12.1 Å². The first-order valence-electron chi connectivity index (χ1n) is 6.97. The Balaban J connectivity index is 1.99. The number of fused-ring (bicyclic) bond motifs is 1. The van der Waals surface area contributed by atoms with Gasteiger partial charge in [0, 0.05) is 28.4 Å². The van der Waals surface area contributed by atoms with Crippen LogP contribution in [0.3, 0.4) is 0 Å². The van der Waals surface area contributed by atoms with E-state index in [9.17, 15) is 8.78 Å². The lowest BCUT2D eigenvalue weighted by Crippen LogP contribution is -2.48. The lowest BCUT2D eigenvalue weighted by atomic mass is 10.0. The van der Waals surface area contributed by atoms with Crippen LogP contribution < -0.4 is 10.2 Å². The number of rotatable bonds is 2. The lowest BCUT2D eigenvalue weighted by molar-refractivity contribution is 0.517. The van der Waals surface area contributed by atoms with Crippen molar-refractivity contribution in [2.75, 3.05) is 16.8 Å². The quantitative estimate of drug-likeness (QED) is 0.747. The van der Waals surface area contributed by atoms with Gasteiger partial charge in [-0.05, 0) is 60.7 Å². The van der Waals surface area contributed by atoms with Crippen LogP contribution in [0.2, 0.25) is 0 Å². The summed E-state index contributed by atoms with van der Waals surface area (Å²) in [6.07, 6.45) is 1.79. The summed E-state index contributed by atoms with van der Waals surface area (Å²) < 4.78 is 28.4. The second kappa shape index (κ2) is 5.64. The summed E-state index contributed by atoms with van der Waals surface area (Å²) in [4.78, 5) is 6.46. The zero-order chi connectivity index (χ0) is 15.9. The standard InChI is InChI=1S/C16H16F2IN3/c1-16(2)9-22(8-10-5-11(17)3-4-13(10)18)14-6-12(19)7-20-15(14)21-16/h3-7H,8-9H2,1-2H3,(H,20,21). The first kappa shape index (κ1) is 15.5. The molecule has 0 amide bonds. The topological polar surface area (TPSA) is 28.2 Å². The van der Waals surface area contributed by atoms with Crippen molar-refractivity contribution >= 4 is 34.1 Å². The van der Waals surface area contributed by atoms with Crippen LogP contribution >= 0.6 is 22.6 Å². The maximum Gasteiger partial charge on any atom is 0.150 e. The summed E-state index contributed by atoms with van der Waals surface area (Å²) in [6.45, 7) is 5.11. The molecule has 0 radical (unpaired) electrons. The van der Waals surface area contributed by atoms with Gasteiger partial charge < -0.3 is 10.2 Å². The molecule has 1 aliphatic rings. The van der Waals surface area contributed by atoms with Gasteiger partial charge in [0.1, 0.15) is 17.5 Å². The van der Waals surface area contributed by atoms with Crippen molar-refractivity contribution in [2.45, 2.75) is 25.9 Å². The van der Waals surface area contributed by atoms with Crippen LogP contribution in [-0.4, -0.2) is 17.1 Å². The highest BCUT2D eigenvalue weighted by Gasteiger charge is 2.30. The van der Waals surface area contributed by atoms with Crippen LogP contribution in [0.5, 0.6) is 0 Å². The highest BCUT2D eigenvalue weighted by molar-refractivity contribution is 14.1. The van der Waals surface area contributed by atoms with E-state index < -0.39 is 11.6 Å². The summed E-state index contributed by atoms with van der Waals surface area (Å²) in [7, 11) is 0. The molecule has 2 heterocycles. The van der Waals surface area contributed by atoms with Crippen LogP contribution in [0.15, 0.2) is 30.5 Å². The Labute approximate surface area is 141 Å². The predicted molar refractivity (Wildman–Crippen MR) is 92.1 cm³/mol. The highest BCUT2D eigenvalue weighted by atomic mass is 127. The molecule has 0 bridgehead atoms. The average molecular weight is 415 g/mol. The zero-order valence-electron chi connectivity index (χ0n) is 12.3. The van der Waals surface area contributed by atoms with E-state index in [0.29, 0.717) is 18.7 Å². The summed E-state index contributed by atoms with van der Waals surface area (Å²) in [6, 6.07) is 5.57. The fraction of sp³-hybridized carbons (Fsp3) is 0.312.